The molecule has 23 heavy (non-hydrogen) atoms. The maximum atomic E-state index is 2.33. The van der Waals surface area contributed by atoms with Gasteiger partial charge in [-0.3, -0.25) is 0 Å². The Labute approximate surface area is 146 Å². The van der Waals surface area contributed by atoms with Crippen LogP contribution in [0, 0.1) is 5.92 Å². The Kier molecular flexibility index (Phi) is 13.0. The van der Waals surface area contributed by atoms with Gasteiger partial charge in [0.05, 0.1) is 0 Å². The number of hydrogen-bond donors (Lipinski definition) is 0. The topological polar surface area (TPSA) is 0 Å². The highest BCUT2D eigenvalue weighted by atomic mass is 14.1. The summed E-state index contributed by atoms with van der Waals surface area (Å²) in [4.78, 5) is 0. The highest BCUT2D eigenvalue weighted by Crippen LogP contribution is 2.21. The molecule has 0 saturated heterocycles. The quantitative estimate of drug-likeness (QED) is 0.288. The molecule has 0 saturated carbocycles. The molecule has 0 bridgehead atoms. The second-order valence-electron chi connectivity index (χ2n) is 7.32. The summed E-state index contributed by atoms with van der Waals surface area (Å²) in [5.41, 5.74) is 1.53. The van der Waals surface area contributed by atoms with Gasteiger partial charge < -0.3 is 0 Å². The SMILES string of the molecule is CCCCCCCCCCCCC(CCC)Cc1ccccc1. The molecule has 0 N–H and O–H groups in total. The van der Waals surface area contributed by atoms with Crippen LogP contribution in [-0.4, -0.2) is 0 Å². The minimum atomic E-state index is 0.899. The molecular weight excluding hydrogens is 276 g/mol. The average Bonchev–Trinajstić information content (AvgIpc) is 2.57. The van der Waals surface area contributed by atoms with Crippen molar-refractivity contribution in [3.8, 4) is 0 Å². The lowest BCUT2D eigenvalue weighted by atomic mass is 9.90. The summed E-state index contributed by atoms with van der Waals surface area (Å²) in [5, 5.41) is 0. The fraction of sp³-hybridized carbons (Fsp3) is 0.739. The minimum Gasteiger partial charge on any atom is -0.0654 e. The van der Waals surface area contributed by atoms with E-state index in [0.717, 1.165) is 5.92 Å². The number of rotatable bonds is 15. The molecule has 0 amide bonds. The van der Waals surface area contributed by atoms with Crippen LogP contribution in [0.2, 0.25) is 0 Å². The molecule has 1 unspecified atom stereocenters. The molecule has 0 aliphatic rings. The van der Waals surface area contributed by atoms with Crippen molar-refractivity contribution in [1.82, 2.24) is 0 Å². The number of hydrogen-bond acceptors (Lipinski definition) is 0. The highest BCUT2D eigenvalue weighted by Gasteiger charge is 2.08. The van der Waals surface area contributed by atoms with Crippen molar-refractivity contribution in [2.75, 3.05) is 0 Å². The van der Waals surface area contributed by atoms with Crippen molar-refractivity contribution >= 4 is 0 Å². The zero-order chi connectivity index (χ0) is 16.6. The smallest absolute Gasteiger partial charge is 0.0250 e. The Hall–Kier alpha value is -0.780. The van der Waals surface area contributed by atoms with Gasteiger partial charge in [0.2, 0.25) is 0 Å². The van der Waals surface area contributed by atoms with Gasteiger partial charge in [0.15, 0.2) is 0 Å². The van der Waals surface area contributed by atoms with Gasteiger partial charge in [-0.1, -0.05) is 128 Å². The fourth-order valence-corrected chi connectivity index (χ4v) is 3.62. The molecule has 0 heteroatoms. The zero-order valence-corrected chi connectivity index (χ0v) is 15.9. The molecule has 0 aliphatic heterocycles. The molecule has 1 atom stereocenters. The van der Waals surface area contributed by atoms with E-state index in [2.05, 4.69) is 44.2 Å². The van der Waals surface area contributed by atoms with E-state index in [1.807, 2.05) is 0 Å². The predicted octanol–water partition coefficient (Wildman–Crippen LogP) is 7.96. The van der Waals surface area contributed by atoms with Gasteiger partial charge in [-0.25, -0.2) is 0 Å². The molecule has 0 aliphatic carbocycles. The van der Waals surface area contributed by atoms with Crippen LogP contribution in [0.3, 0.4) is 0 Å². The summed E-state index contributed by atoms with van der Waals surface area (Å²) < 4.78 is 0. The molecule has 1 aromatic carbocycles. The first kappa shape index (κ1) is 20.3. The summed E-state index contributed by atoms with van der Waals surface area (Å²) >= 11 is 0. The second kappa shape index (κ2) is 14.8. The maximum Gasteiger partial charge on any atom is -0.0250 e. The number of benzene rings is 1. The van der Waals surface area contributed by atoms with Crippen molar-refractivity contribution in [1.29, 1.82) is 0 Å². The Morgan fingerprint density at radius 3 is 1.74 bits per heavy atom. The summed E-state index contributed by atoms with van der Waals surface area (Å²) in [5.74, 6) is 0.899. The first-order valence-corrected chi connectivity index (χ1v) is 10.4. The van der Waals surface area contributed by atoms with E-state index in [1.54, 1.807) is 0 Å². The Bertz CT molecular complexity index is 340. The molecule has 132 valence electrons. The van der Waals surface area contributed by atoms with E-state index in [9.17, 15) is 0 Å². The molecule has 1 rings (SSSR count). The molecule has 1 aromatic rings. The van der Waals surface area contributed by atoms with E-state index < -0.39 is 0 Å². The molecule has 0 radical (unpaired) electrons. The van der Waals surface area contributed by atoms with Crippen molar-refractivity contribution in [2.45, 2.75) is 104 Å². The van der Waals surface area contributed by atoms with Gasteiger partial charge in [-0.2, -0.15) is 0 Å². The molecule has 0 aromatic heterocycles. The van der Waals surface area contributed by atoms with E-state index in [-0.39, 0.29) is 0 Å². The lowest BCUT2D eigenvalue weighted by Crippen LogP contribution is -2.04. The van der Waals surface area contributed by atoms with Gasteiger partial charge in [-0.15, -0.1) is 0 Å². The van der Waals surface area contributed by atoms with Crippen molar-refractivity contribution in [3.63, 3.8) is 0 Å². The van der Waals surface area contributed by atoms with Crippen LogP contribution < -0.4 is 0 Å². The van der Waals surface area contributed by atoms with E-state index >= 15 is 0 Å². The Balaban J connectivity index is 2.02. The summed E-state index contributed by atoms with van der Waals surface area (Å²) in [6, 6.07) is 11.1. The highest BCUT2D eigenvalue weighted by molar-refractivity contribution is 5.15. The normalized spacial score (nSPS) is 12.4. The molecular formula is C23H40. The predicted molar refractivity (Wildman–Crippen MR) is 105 cm³/mol. The van der Waals surface area contributed by atoms with Crippen LogP contribution >= 0.6 is 0 Å². The third kappa shape index (κ3) is 11.4. The van der Waals surface area contributed by atoms with E-state index in [0.29, 0.717) is 0 Å². The van der Waals surface area contributed by atoms with Gasteiger partial charge in [0.1, 0.15) is 0 Å². The summed E-state index contributed by atoms with van der Waals surface area (Å²) in [7, 11) is 0. The first-order valence-electron chi connectivity index (χ1n) is 10.4. The van der Waals surface area contributed by atoms with Crippen LogP contribution in [0.5, 0.6) is 0 Å². The van der Waals surface area contributed by atoms with Crippen LogP contribution in [0.1, 0.15) is 103 Å². The lowest BCUT2D eigenvalue weighted by Gasteiger charge is -2.16. The maximum absolute atomic E-state index is 2.33. The van der Waals surface area contributed by atoms with E-state index in [4.69, 9.17) is 0 Å². The minimum absolute atomic E-state index is 0.899. The zero-order valence-electron chi connectivity index (χ0n) is 15.9. The molecule has 0 heterocycles. The molecule has 0 fully saturated rings. The van der Waals surface area contributed by atoms with Crippen LogP contribution in [-0.2, 0) is 6.42 Å². The molecule has 0 spiro atoms. The molecule has 0 nitrogen and oxygen atoms in total. The third-order valence-electron chi connectivity index (χ3n) is 5.03. The monoisotopic (exact) mass is 316 g/mol. The van der Waals surface area contributed by atoms with Crippen molar-refractivity contribution < 1.29 is 0 Å². The first-order chi connectivity index (χ1) is 11.4. The Morgan fingerprint density at radius 2 is 1.17 bits per heavy atom. The standard InChI is InChI=1S/C23H40/c1-3-5-6-7-8-9-10-11-12-14-18-22(17-4-2)21-23-19-15-13-16-20-23/h13,15-16,19-20,22H,3-12,14,17-18,21H2,1-2H3. The van der Waals surface area contributed by atoms with Crippen LogP contribution in [0.4, 0.5) is 0 Å². The largest absolute Gasteiger partial charge is 0.0654 e. The Morgan fingerprint density at radius 1 is 0.609 bits per heavy atom. The second-order valence-corrected chi connectivity index (χ2v) is 7.32. The van der Waals surface area contributed by atoms with Gasteiger partial charge in [0, 0.05) is 0 Å². The van der Waals surface area contributed by atoms with Crippen LogP contribution in [0.15, 0.2) is 30.3 Å². The van der Waals surface area contributed by atoms with Crippen LogP contribution in [0.25, 0.3) is 0 Å². The summed E-state index contributed by atoms with van der Waals surface area (Å²) in [6.45, 7) is 4.63. The fourth-order valence-electron chi connectivity index (χ4n) is 3.62. The average molecular weight is 317 g/mol. The van der Waals surface area contributed by atoms with Gasteiger partial charge >= 0.3 is 0 Å². The number of unbranched alkanes of at least 4 members (excludes halogenated alkanes) is 9. The van der Waals surface area contributed by atoms with Crippen molar-refractivity contribution in [3.05, 3.63) is 35.9 Å². The van der Waals surface area contributed by atoms with E-state index in [1.165, 1.54) is 95.5 Å². The summed E-state index contributed by atoms with van der Waals surface area (Å²) in [6.07, 6.45) is 19.9. The van der Waals surface area contributed by atoms with Gasteiger partial charge in [-0.05, 0) is 17.9 Å². The third-order valence-corrected chi connectivity index (χ3v) is 5.03. The van der Waals surface area contributed by atoms with Gasteiger partial charge in [0.25, 0.3) is 0 Å². The lowest BCUT2D eigenvalue weighted by molar-refractivity contribution is 0.416. The van der Waals surface area contributed by atoms with Crippen molar-refractivity contribution in [2.24, 2.45) is 5.92 Å².